The van der Waals surface area contributed by atoms with E-state index in [1.54, 1.807) is 4.90 Å². The fraction of sp³-hybridized carbons (Fsp3) is 0.500. The smallest absolute Gasteiger partial charge is 0.419 e. The number of likely N-dealkylation sites (tertiary alicyclic amines) is 1. The molecule has 1 saturated heterocycles. The van der Waals surface area contributed by atoms with Crippen LogP contribution >= 0.6 is 0 Å². The van der Waals surface area contributed by atoms with E-state index in [2.05, 4.69) is 0 Å². The summed E-state index contributed by atoms with van der Waals surface area (Å²) in [6.07, 6.45) is -5.55. The van der Waals surface area contributed by atoms with Crippen molar-refractivity contribution in [2.75, 3.05) is 13.1 Å². The first kappa shape index (κ1) is 16.7. The molecule has 1 aliphatic rings. The number of aliphatic hydroxyl groups is 1. The van der Waals surface area contributed by atoms with E-state index in [0.717, 1.165) is 6.07 Å². The zero-order valence-corrected chi connectivity index (χ0v) is 11.5. The van der Waals surface area contributed by atoms with E-state index in [9.17, 15) is 27.5 Å². The van der Waals surface area contributed by atoms with Gasteiger partial charge in [0.2, 0.25) is 0 Å². The molecule has 1 aromatic rings. The van der Waals surface area contributed by atoms with Gasteiger partial charge in [0.15, 0.2) is 0 Å². The van der Waals surface area contributed by atoms with E-state index in [0.29, 0.717) is 18.2 Å². The maximum absolute atomic E-state index is 13.5. The van der Waals surface area contributed by atoms with Gasteiger partial charge in [-0.15, -0.1) is 0 Å². The summed E-state index contributed by atoms with van der Waals surface area (Å²) >= 11 is 0. The summed E-state index contributed by atoms with van der Waals surface area (Å²) in [4.78, 5) is 12.6. The van der Waals surface area contributed by atoms with Gasteiger partial charge >= 0.3 is 12.1 Å². The summed E-state index contributed by atoms with van der Waals surface area (Å²) in [6, 6.07) is 2.69. The summed E-state index contributed by atoms with van der Waals surface area (Å²) in [5.41, 5.74) is -0.979. The Morgan fingerprint density at radius 2 is 2.05 bits per heavy atom. The summed E-state index contributed by atoms with van der Waals surface area (Å²) in [7, 11) is 0. The number of aliphatic hydroxyl groups excluding tert-OH is 1. The van der Waals surface area contributed by atoms with Crippen LogP contribution in [-0.4, -0.2) is 40.3 Å². The van der Waals surface area contributed by atoms with Crippen molar-refractivity contribution in [1.29, 1.82) is 0 Å². The van der Waals surface area contributed by atoms with E-state index in [1.807, 2.05) is 0 Å². The Hall–Kier alpha value is -1.67. The van der Waals surface area contributed by atoms with Crippen LogP contribution in [0.5, 0.6) is 0 Å². The fourth-order valence-electron chi connectivity index (χ4n) is 2.57. The van der Waals surface area contributed by atoms with Crippen LogP contribution in [0.2, 0.25) is 0 Å². The maximum atomic E-state index is 13.5. The second-order valence-electron chi connectivity index (χ2n) is 5.35. The van der Waals surface area contributed by atoms with Crippen molar-refractivity contribution in [3.05, 3.63) is 35.1 Å². The molecule has 0 bridgehead atoms. The van der Waals surface area contributed by atoms with Crippen LogP contribution in [-0.2, 0) is 17.5 Å². The number of halogens is 4. The monoisotopic (exact) mass is 321 g/mol. The second kappa shape index (κ2) is 6.21. The average Bonchev–Trinajstić information content (AvgIpc) is 2.36. The fourth-order valence-corrected chi connectivity index (χ4v) is 2.57. The summed E-state index contributed by atoms with van der Waals surface area (Å²) in [5, 5.41) is 18.6. The number of carboxylic acid groups (broad SMARTS) is 1. The number of aliphatic carboxylic acids is 1. The lowest BCUT2D eigenvalue weighted by Gasteiger charge is -2.33. The molecule has 0 aliphatic carbocycles. The zero-order chi connectivity index (χ0) is 16.5. The standard InChI is InChI=1S/C14H15F4NO3/c15-11-5-8(1-2-10(11)14(16,17)18)6-19-4-3-9(13(21)22)12(20)7-19/h1-2,5,9,12,20H,3-4,6-7H2,(H,21,22)/t9-,12+/m0/s1. The Bertz CT molecular complexity index is 562. The lowest BCUT2D eigenvalue weighted by Crippen LogP contribution is -2.46. The largest absolute Gasteiger partial charge is 0.481 e. The summed E-state index contributed by atoms with van der Waals surface area (Å²) in [6.45, 7) is 0.606. The Morgan fingerprint density at radius 3 is 2.55 bits per heavy atom. The van der Waals surface area contributed by atoms with Gasteiger partial charge < -0.3 is 10.2 Å². The molecule has 2 atom stereocenters. The highest BCUT2D eigenvalue weighted by molar-refractivity contribution is 5.70. The molecule has 0 amide bonds. The first-order valence-electron chi connectivity index (χ1n) is 6.67. The lowest BCUT2D eigenvalue weighted by molar-refractivity contribution is -0.148. The number of β-amino-alcohol motifs (C(OH)–C–C–N with tert-alkyl or cyclic N) is 1. The van der Waals surface area contributed by atoms with E-state index in [-0.39, 0.29) is 19.5 Å². The minimum absolute atomic E-state index is 0.0829. The summed E-state index contributed by atoms with van der Waals surface area (Å²) in [5.74, 6) is -3.26. The number of alkyl halides is 3. The van der Waals surface area contributed by atoms with Crippen LogP contribution in [0.1, 0.15) is 17.5 Å². The molecule has 1 aromatic carbocycles. The number of piperidine rings is 1. The number of carboxylic acids is 1. The van der Waals surface area contributed by atoms with Gasteiger partial charge in [-0.25, -0.2) is 4.39 Å². The van der Waals surface area contributed by atoms with Crippen molar-refractivity contribution < 1.29 is 32.6 Å². The van der Waals surface area contributed by atoms with Gasteiger partial charge in [-0.2, -0.15) is 13.2 Å². The highest BCUT2D eigenvalue weighted by Crippen LogP contribution is 2.32. The predicted molar refractivity (Wildman–Crippen MR) is 68.4 cm³/mol. The number of hydrogen-bond donors (Lipinski definition) is 2. The lowest BCUT2D eigenvalue weighted by atomic mass is 9.94. The van der Waals surface area contributed by atoms with Crippen molar-refractivity contribution in [3.8, 4) is 0 Å². The number of benzene rings is 1. The van der Waals surface area contributed by atoms with E-state index in [1.165, 1.54) is 6.07 Å². The molecule has 2 rings (SSSR count). The van der Waals surface area contributed by atoms with Gasteiger partial charge in [0, 0.05) is 13.1 Å². The number of rotatable bonds is 3. The number of carbonyl (C=O) groups is 1. The molecule has 1 fully saturated rings. The molecule has 1 heterocycles. The van der Waals surface area contributed by atoms with Crippen molar-refractivity contribution in [3.63, 3.8) is 0 Å². The molecule has 122 valence electrons. The molecule has 0 unspecified atom stereocenters. The predicted octanol–water partition coefficient (Wildman–Crippen LogP) is 2.11. The van der Waals surface area contributed by atoms with E-state index < -0.39 is 35.5 Å². The van der Waals surface area contributed by atoms with Crippen LogP contribution in [0, 0.1) is 11.7 Å². The van der Waals surface area contributed by atoms with Gasteiger partial charge in [0.1, 0.15) is 5.82 Å². The molecule has 8 heteroatoms. The number of hydrogen-bond acceptors (Lipinski definition) is 3. The molecule has 0 radical (unpaired) electrons. The highest BCUT2D eigenvalue weighted by atomic mass is 19.4. The third-order valence-corrected chi connectivity index (χ3v) is 3.73. The molecule has 0 spiro atoms. The minimum Gasteiger partial charge on any atom is -0.481 e. The molecular formula is C14H15F4NO3. The molecule has 0 aromatic heterocycles. The normalized spacial score (nSPS) is 23.5. The van der Waals surface area contributed by atoms with Gasteiger partial charge in [-0.05, 0) is 30.7 Å². The average molecular weight is 321 g/mol. The molecule has 22 heavy (non-hydrogen) atoms. The van der Waals surface area contributed by atoms with Crippen LogP contribution in [0.25, 0.3) is 0 Å². The highest BCUT2D eigenvalue weighted by Gasteiger charge is 2.35. The minimum atomic E-state index is -4.74. The molecule has 1 aliphatic heterocycles. The third kappa shape index (κ3) is 3.75. The third-order valence-electron chi connectivity index (χ3n) is 3.73. The maximum Gasteiger partial charge on any atom is 0.419 e. The van der Waals surface area contributed by atoms with Gasteiger partial charge in [0.25, 0.3) is 0 Å². The van der Waals surface area contributed by atoms with Crippen molar-refractivity contribution in [2.45, 2.75) is 25.2 Å². The first-order valence-corrected chi connectivity index (χ1v) is 6.67. The van der Waals surface area contributed by atoms with Crippen molar-refractivity contribution >= 4 is 5.97 Å². The summed E-state index contributed by atoms with van der Waals surface area (Å²) < 4.78 is 50.9. The SMILES string of the molecule is O=C(O)[C@H]1CCN(Cc2ccc(C(F)(F)F)c(F)c2)C[C@H]1O. The van der Waals surface area contributed by atoms with Gasteiger partial charge in [-0.3, -0.25) is 9.69 Å². The van der Waals surface area contributed by atoms with Gasteiger partial charge in [0.05, 0.1) is 17.6 Å². The van der Waals surface area contributed by atoms with Crippen molar-refractivity contribution in [1.82, 2.24) is 4.90 Å². The Morgan fingerprint density at radius 1 is 1.36 bits per heavy atom. The molecule has 0 saturated carbocycles. The topological polar surface area (TPSA) is 60.8 Å². The van der Waals surface area contributed by atoms with Crippen LogP contribution in [0.15, 0.2) is 18.2 Å². The first-order chi connectivity index (χ1) is 10.2. The zero-order valence-electron chi connectivity index (χ0n) is 11.5. The molecule has 4 nitrogen and oxygen atoms in total. The Labute approximate surface area is 124 Å². The quantitative estimate of drug-likeness (QED) is 0.837. The second-order valence-corrected chi connectivity index (χ2v) is 5.35. The van der Waals surface area contributed by atoms with Crippen molar-refractivity contribution in [2.24, 2.45) is 5.92 Å². The Balaban J connectivity index is 2.03. The van der Waals surface area contributed by atoms with Crippen LogP contribution in [0.3, 0.4) is 0 Å². The van der Waals surface area contributed by atoms with Gasteiger partial charge in [-0.1, -0.05) is 6.07 Å². The number of nitrogens with zero attached hydrogens (tertiary/aromatic N) is 1. The van der Waals surface area contributed by atoms with E-state index >= 15 is 0 Å². The molecular weight excluding hydrogens is 306 g/mol. The Kier molecular flexibility index (Phi) is 4.72. The van der Waals surface area contributed by atoms with Crippen LogP contribution in [0.4, 0.5) is 17.6 Å². The molecule has 2 N–H and O–H groups in total. The van der Waals surface area contributed by atoms with Crippen LogP contribution < -0.4 is 0 Å². The van der Waals surface area contributed by atoms with E-state index in [4.69, 9.17) is 5.11 Å².